The van der Waals surface area contributed by atoms with Crippen LogP contribution in [0.2, 0.25) is 5.02 Å². The molecule has 0 aliphatic heterocycles. The van der Waals surface area contributed by atoms with E-state index < -0.39 is 78.5 Å². The average Bonchev–Trinajstić information content (AvgIpc) is 3.13. The predicted molar refractivity (Wildman–Crippen MR) is 109 cm³/mol. The molecule has 188 valence electrons. The Hall–Kier alpha value is -3.17. The minimum Gasteiger partial charge on any atom is -0.325 e. The van der Waals surface area contributed by atoms with Gasteiger partial charge in [0.15, 0.2) is 5.82 Å². The number of rotatable bonds is 5. The monoisotopic (exact) mass is 544 g/mol. The second-order valence-electron chi connectivity index (χ2n) is 7.00. The highest BCUT2D eigenvalue weighted by atomic mass is 35.5. The molecular formula is C19H12ClF7N4O3S. The summed E-state index contributed by atoms with van der Waals surface area (Å²) in [6.45, 7) is 0. The lowest BCUT2D eigenvalue weighted by Crippen LogP contribution is -2.23. The second-order valence-corrected chi connectivity index (χ2v) is 8.94. The van der Waals surface area contributed by atoms with Crippen LogP contribution in [0, 0.1) is 5.82 Å². The van der Waals surface area contributed by atoms with Crippen LogP contribution in [-0.4, -0.2) is 24.1 Å². The maximum Gasteiger partial charge on any atom is 0.418 e. The Morgan fingerprint density at radius 2 is 1.71 bits per heavy atom. The first-order chi connectivity index (χ1) is 16.0. The number of halogens is 8. The van der Waals surface area contributed by atoms with Crippen molar-refractivity contribution in [1.29, 1.82) is 0 Å². The maximum absolute atomic E-state index is 13.7. The number of aromatic nitrogens is 2. The third-order valence-corrected chi connectivity index (χ3v) is 5.84. The Morgan fingerprint density at radius 3 is 2.23 bits per heavy atom. The normalized spacial score (nSPS) is 12.6. The molecule has 0 spiro atoms. The van der Waals surface area contributed by atoms with Gasteiger partial charge < -0.3 is 5.32 Å². The molecule has 0 saturated heterocycles. The fraction of sp³-hybridized carbons (Fsp3) is 0.158. The lowest BCUT2D eigenvalue weighted by atomic mass is 10.0. The molecule has 3 rings (SSSR count). The van der Waals surface area contributed by atoms with Gasteiger partial charge in [0.1, 0.15) is 4.90 Å². The number of anilines is 1. The van der Waals surface area contributed by atoms with Crippen LogP contribution in [0.4, 0.5) is 36.4 Å². The average molecular weight is 545 g/mol. The molecule has 2 aromatic carbocycles. The van der Waals surface area contributed by atoms with Crippen LogP contribution < -0.4 is 10.5 Å². The molecule has 3 N–H and O–H groups in total. The van der Waals surface area contributed by atoms with Crippen molar-refractivity contribution >= 4 is 33.2 Å². The summed E-state index contributed by atoms with van der Waals surface area (Å²) in [6.07, 6.45) is -10.0. The highest BCUT2D eigenvalue weighted by molar-refractivity contribution is 7.89. The molecule has 1 aromatic heterocycles. The number of hydrogen-bond acceptors (Lipinski definition) is 4. The summed E-state index contributed by atoms with van der Waals surface area (Å²) in [6, 6.07) is 3.26. The van der Waals surface area contributed by atoms with E-state index in [1.54, 1.807) is 5.32 Å². The maximum atomic E-state index is 13.7. The van der Waals surface area contributed by atoms with Crippen molar-refractivity contribution in [3.63, 3.8) is 0 Å². The number of nitrogens with two attached hydrogens (primary N) is 1. The van der Waals surface area contributed by atoms with Crippen LogP contribution in [0.5, 0.6) is 0 Å². The number of sulfonamides is 1. The first-order valence-electron chi connectivity index (χ1n) is 9.11. The van der Waals surface area contributed by atoms with Crippen molar-refractivity contribution < 1.29 is 43.9 Å². The standard InChI is InChI=1S/C19H12ClF7N4O3S/c20-13-3-1-2-11(18(22,23)24)10(13)4-17(32)30-14-6-16(35(28,33)34)15(5-12(14)19(25,26)27)31-8-9(21)7-29-31/h1-3,5-8H,4H2,(H,30,32)(H2,28,33,34). The van der Waals surface area contributed by atoms with E-state index in [0.29, 0.717) is 29.2 Å². The molecule has 0 aliphatic rings. The van der Waals surface area contributed by atoms with Crippen LogP contribution >= 0.6 is 11.6 Å². The van der Waals surface area contributed by atoms with Crippen molar-refractivity contribution in [2.24, 2.45) is 5.14 Å². The van der Waals surface area contributed by atoms with E-state index >= 15 is 0 Å². The van der Waals surface area contributed by atoms with Gasteiger partial charge in [0.05, 0.1) is 41.3 Å². The summed E-state index contributed by atoms with van der Waals surface area (Å²) in [5.41, 5.74) is -5.49. The summed E-state index contributed by atoms with van der Waals surface area (Å²) in [5, 5.41) is 9.78. The molecule has 1 heterocycles. The molecule has 0 aliphatic carbocycles. The number of hydrogen-bond donors (Lipinski definition) is 2. The van der Waals surface area contributed by atoms with Gasteiger partial charge in [-0.15, -0.1) is 0 Å². The van der Waals surface area contributed by atoms with Crippen LogP contribution in [0.3, 0.4) is 0 Å². The van der Waals surface area contributed by atoms with Gasteiger partial charge in [0, 0.05) is 5.02 Å². The predicted octanol–water partition coefficient (Wildman–Crippen LogP) is 4.53. The number of nitrogens with one attached hydrogen (secondary N) is 1. The molecule has 16 heteroatoms. The molecule has 0 saturated carbocycles. The van der Waals surface area contributed by atoms with E-state index in [4.69, 9.17) is 16.7 Å². The van der Waals surface area contributed by atoms with Crippen molar-refractivity contribution in [3.8, 4) is 5.69 Å². The highest BCUT2D eigenvalue weighted by Gasteiger charge is 2.37. The van der Waals surface area contributed by atoms with Crippen LogP contribution in [0.15, 0.2) is 47.6 Å². The SMILES string of the molecule is NS(=O)(=O)c1cc(NC(=O)Cc2c(Cl)cccc2C(F)(F)F)c(C(F)(F)F)cc1-n1cc(F)cn1. The summed E-state index contributed by atoms with van der Waals surface area (Å²) in [7, 11) is -4.76. The zero-order valence-electron chi connectivity index (χ0n) is 16.9. The van der Waals surface area contributed by atoms with Gasteiger partial charge in [-0.25, -0.2) is 22.6 Å². The first kappa shape index (κ1) is 26.4. The number of alkyl halides is 6. The van der Waals surface area contributed by atoms with Gasteiger partial charge in [-0.2, -0.15) is 31.4 Å². The fourth-order valence-electron chi connectivity index (χ4n) is 3.10. The van der Waals surface area contributed by atoms with Crippen LogP contribution in [0.25, 0.3) is 5.69 Å². The molecule has 0 unspecified atom stereocenters. The van der Waals surface area contributed by atoms with Crippen molar-refractivity contribution in [2.75, 3.05) is 5.32 Å². The third-order valence-electron chi connectivity index (χ3n) is 4.54. The highest BCUT2D eigenvalue weighted by Crippen LogP contribution is 2.39. The van der Waals surface area contributed by atoms with E-state index in [1.165, 1.54) is 0 Å². The van der Waals surface area contributed by atoms with Crippen molar-refractivity contribution in [3.05, 3.63) is 70.3 Å². The van der Waals surface area contributed by atoms with E-state index in [-0.39, 0.29) is 6.07 Å². The molecule has 0 bridgehead atoms. The van der Waals surface area contributed by atoms with Crippen LogP contribution in [0.1, 0.15) is 16.7 Å². The summed E-state index contributed by atoms with van der Waals surface area (Å²) in [4.78, 5) is 11.5. The smallest absolute Gasteiger partial charge is 0.325 e. The van der Waals surface area contributed by atoms with Gasteiger partial charge in [0.2, 0.25) is 15.9 Å². The van der Waals surface area contributed by atoms with Gasteiger partial charge in [-0.05, 0) is 29.8 Å². The Labute approximate surface area is 197 Å². The number of primary sulfonamides is 1. The number of nitrogens with zero attached hydrogens (tertiary/aromatic N) is 2. The Bertz CT molecular complexity index is 1400. The molecule has 0 fully saturated rings. The minimum atomic E-state index is -5.19. The van der Waals surface area contributed by atoms with Gasteiger partial charge in [-0.1, -0.05) is 17.7 Å². The quantitative estimate of drug-likeness (QED) is 0.460. The van der Waals surface area contributed by atoms with E-state index in [0.717, 1.165) is 12.1 Å². The fourth-order valence-corrected chi connectivity index (χ4v) is 4.07. The minimum absolute atomic E-state index is 0.248. The second kappa shape index (κ2) is 9.13. The van der Waals surface area contributed by atoms with E-state index in [2.05, 4.69) is 5.10 Å². The molecule has 3 aromatic rings. The molecule has 0 radical (unpaired) electrons. The number of benzene rings is 2. The van der Waals surface area contributed by atoms with Gasteiger partial charge in [-0.3, -0.25) is 4.79 Å². The zero-order valence-corrected chi connectivity index (χ0v) is 18.4. The number of amides is 1. The molecule has 0 atom stereocenters. The first-order valence-corrected chi connectivity index (χ1v) is 11.0. The zero-order chi connectivity index (χ0) is 26.3. The number of carbonyl (C=O) groups excluding carboxylic acids is 1. The Balaban J connectivity index is 2.11. The summed E-state index contributed by atoms with van der Waals surface area (Å²) in [5.74, 6) is -2.37. The molecule has 7 nitrogen and oxygen atoms in total. The van der Waals surface area contributed by atoms with Gasteiger partial charge in [0.25, 0.3) is 0 Å². The lowest BCUT2D eigenvalue weighted by Gasteiger charge is -2.19. The van der Waals surface area contributed by atoms with Gasteiger partial charge >= 0.3 is 12.4 Å². The summed E-state index contributed by atoms with van der Waals surface area (Å²) >= 11 is 5.77. The van der Waals surface area contributed by atoms with Crippen LogP contribution in [-0.2, 0) is 33.6 Å². The topological polar surface area (TPSA) is 107 Å². The van der Waals surface area contributed by atoms with Crippen molar-refractivity contribution in [1.82, 2.24) is 9.78 Å². The van der Waals surface area contributed by atoms with E-state index in [1.807, 2.05) is 0 Å². The summed E-state index contributed by atoms with van der Waals surface area (Å²) < 4.78 is 119. The lowest BCUT2D eigenvalue weighted by molar-refractivity contribution is -0.138. The third kappa shape index (κ3) is 5.91. The molecule has 35 heavy (non-hydrogen) atoms. The Morgan fingerprint density at radius 1 is 1.09 bits per heavy atom. The molecular weight excluding hydrogens is 533 g/mol. The Kier molecular flexibility index (Phi) is 6.89. The number of carbonyl (C=O) groups is 1. The van der Waals surface area contributed by atoms with E-state index in [9.17, 15) is 43.9 Å². The largest absolute Gasteiger partial charge is 0.418 e. The van der Waals surface area contributed by atoms with Crippen molar-refractivity contribution in [2.45, 2.75) is 23.7 Å². The molecule has 1 amide bonds.